The monoisotopic (exact) mass is 834 g/mol. The highest BCUT2D eigenvalue weighted by atomic mass is 31.2. The molecule has 0 saturated heterocycles. The topological polar surface area (TPSA) is 12.0 Å². The minimum absolute atomic E-state index is 0.0382. The third-order valence-electron chi connectivity index (χ3n) is 11.6. The Bertz CT molecular complexity index is 1710. The normalized spacial score (nSPS) is 14.1. The molecule has 0 aliphatic carbocycles. The Hall–Kier alpha value is -2.30. The first-order chi connectivity index (χ1) is 26.7. The molecule has 0 heterocycles. The largest absolute Gasteiger partial charge is 0.259 e. The molecular formula is C56H85NP2. The highest BCUT2D eigenvalue weighted by molar-refractivity contribution is 7.85. The Morgan fingerprint density at radius 3 is 0.661 bits per heavy atom. The SMILES string of the molecule is CC(C)(C)CC(C)(C)c1cccc(P(NP(c2cccc(C(C)(C)CC(C)(C)C)c2)c2cccc(C(C)(C)CC(C)(C)C)c2)c2cccc(C(C)(C)CC(C)(C)C)c2)c1. The minimum Gasteiger partial charge on any atom is -0.259 e. The average Bonchev–Trinajstić information content (AvgIpc) is 3.05. The number of benzene rings is 4. The zero-order valence-electron chi connectivity index (χ0n) is 41.5. The van der Waals surface area contributed by atoms with Crippen LogP contribution < -0.4 is 26.1 Å². The highest BCUT2D eigenvalue weighted by Crippen LogP contribution is 2.47. The zero-order valence-corrected chi connectivity index (χ0v) is 43.2. The number of hydrogen-bond donors (Lipinski definition) is 1. The van der Waals surface area contributed by atoms with E-state index in [4.69, 9.17) is 0 Å². The van der Waals surface area contributed by atoms with Crippen molar-refractivity contribution in [2.45, 2.75) is 186 Å². The van der Waals surface area contributed by atoms with Gasteiger partial charge in [-0.2, -0.15) is 0 Å². The smallest absolute Gasteiger partial charge is 0.0295 e. The third kappa shape index (κ3) is 14.4. The van der Waals surface area contributed by atoms with Crippen molar-refractivity contribution in [3.05, 3.63) is 119 Å². The van der Waals surface area contributed by atoms with Crippen LogP contribution in [-0.4, -0.2) is 0 Å². The molecule has 4 aromatic rings. The van der Waals surface area contributed by atoms with Gasteiger partial charge in [-0.3, -0.25) is 4.86 Å². The van der Waals surface area contributed by atoms with Gasteiger partial charge in [0, 0.05) is 16.1 Å². The Labute approximate surface area is 367 Å². The van der Waals surface area contributed by atoms with Gasteiger partial charge in [0.15, 0.2) is 0 Å². The van der Waals surface area contributed by atoms with Crippen LogP contribution in [0, 0.1) is 21.7 Å². The van der Waals surface area contributed by atoms with E-state index in [1.807, 2.05) is 0 Å². The molecule has 324 valence electrons. The van der Waals surface area contributed by atoms with E-state index in [0.29, 0.717) is 0 Å². The van der Waals surface area contributed by atoms with E-state index in [1.54, 1.807) is 0 Å². The first-order valence-electron chi connectivity index (χ1n) is 22.5. The van der Waals surface area contributed by atoms with Crippen molar-refractivity contribution in [1.29, 1.82) is 0 Å². The van der Waals surface area contributed by atoms with Gasteiger partial charge in [-0.05, 0) is 137 Å². The van der Waals surface area contributed by atoms with Gasteiger partial charge in [-0.25, -0.2) is 0 Å². The summed E-state index contributed by atoms with van der Waals surface area (Å²) in [6, 6.07) is 38.6. The van der Waals surface area contributed by atoms with E-state index in [9.17, 15) is 0 Å². The van der Waals surface area contributed by atoms with Gasteiger partial charge in [-0.1, -0.05) is 211 Å². The molecule has 3 heteroatoms. The molecule has 0 spiro atoms. The maximum absolute atomic E-state index is 4.56. The molecule has 0 radical (unpaired) electrons. The Kier molecular flexibility index (Phi) is 14.9. The van der Waals surface area contributed by atoms with Gasteiger partial charge < -0.3 is 0 Å². The quantitative estimate of drug-likeness (QED) is 0.125. The third-order valence-corrected chi connectivity index (χ3v) is 16.4. The van der Waals surface area contributed by atoms with Gasteiger partial charge in [0.25, 0.3) is 0 Å². The fraction of sp³-hybridized carbons (Fsp3) is 0.571. The fourth-order valence-electron chi connectivity index (χ4n) is 10.6. The lowest BCUT2D eigenvalue weighted by Crippen LogP contribution is -2.32. The Balaban J connectivity index is 2.02. The van der Waals surface area contributed by atoms with Crippen LogP contribution >= 0.6 is 16.1 Å². The Morgan fingerprint density at radius 2 is 0.492 bits per heavy atom. The van der Waals surface area contributed by atoms with E-state index < -0.39 is 16.1 Å². The molecule has 0 aliphatic rings. The molecule has 0 atom stereocenters. The predicted molar refractivity (Wildman–Crippen MR) is 270 cm³/mol. The molecule has 0 fully saturated rings. The Morgan fingerprint density at radius 1 is 0.305 bits per heavy atom. The van der Waals surface area contributed by atoms with Gasteiger partial charge in [0.1, 0.15) is 0 Å². The second kappa shape index (κ2) is 17.8. The van der Waals surface area contributed by atoms with E-state index in [-0.39, 0.29) is 43.3 Å². The molecule has 1 nitrogen and oxygen atoms in total. The van der Waals surface area contributed by atoms with E-state index in [2.05, 4.69) is 240 Å². The first kappa shape index (κ1) is 49.4. The van der Waals surface area contributed by atoms with Gasteiger partial charge in [0.05, 0.1) is 0 Å². The van der Waals surface area contributed by atoms with Crippen molar-refractivity contribution < 1.29 is 0 Å². The van der Waals surface area contributed by atoms with Gasteiger partial charge >= 0.3 is 0 Å². The van der Waals surface area contributed by atoms with Crippen molar-refractivity contribution in [2.75, 3.05) is 0 Å². The van der Waals surface area contributed by atoms with Crippen LogP contribution in [0.2, 0.25) is 0 Å². The molecule has 0 bridgehead atoms. The van der Waals surface area contributed by atoms with Crippen LogP contribution in [0.15, 0.2) is 97.1 Å². The van der Waals surface area contributed by atoms with Crippen LogP contribution in [0.3, 0.4) is 0 Å². The zero-order chi connectivity index (χ0) is 44.6. The van der Waals surface area contributed by atoms with E-state index in [1.165, 1.54) is 43.5 Å². The summed E-state index contributed by atoms with van der Waals surface area (Å²) in [5.41, 5.74) is 6.73. The summed E-state index contributed by atoms with van der Waals surface area (Å²) >= 11 is 0. The van der Waals surface area contributed by atoms with Crippen LogP contribution in [0.25, 0.3) is 0 Å². The average molecular weight is 834 g/mol. The standard InChI is InChI=1S/C56H85NP2/c1-49(2,3)37-53(13,14)41-25-21-29-45(33-41)58(46-30-22-26-42(34-46)54(15,16)38-50(4,5)6)57-59(47-31-23-27-43(35-47)55(17,18)39-51(7,8)9)48-32-24-28-44(36-48)56(19,20)40-52(10,11)12/h21-36,57H,37-40H2,1-20H3. The second-order valence-corrected chi connectivity index (χ2v) is 29.7. The van der Waals surface area contributed by atoms with Gasteiger partial charge in [-0.15, -0.1) is 0 Å². The lowest BCUT2D eigenvalue weighted by Gasteiger charge is -2.36. The predicted octanol–water partition coefficient (Wildman–Crippen LogP) is 15.5. The summed E-state index contributed by atoms with van der Waals surface area (Å²) in [6.45, 7) is 48.0. The molecule has 1 N–H and O–H groups in total. The summed E-state index contributed by atoms with van der Waals surface area (Å²) in [7, 11) is -1.94. The number of hydrogen-bond acceptors (Lipinski definition) is 1. The molecule has 4 aromatic carbocycles. The van der Waals surface area contributed by atoms with Crippen LogP contribution in [0.5, 0.6) is 0 Å². The molecule has 0 saturated carbocycles. The van der Waals surface area contributed by atoms with Crippen LogP contribution in [0.1, 0.15) is 186 Å². The van der Waals surface area contributed by atoms with Crippen molar-refractivity contribution in [1.82, 2.24) is 4.86 Å². The fourth-order valence-corrected chi connectivity index (χ4v) is 15.9. The van der Waals surface area contributed by atoms with E-state index in [0.717, 1.165) is 25.7 Å². The maximum Gasteiger partial charge on any atom is 0.0295 e. The van der Waals surface area contributed by atoms with Crippen molar-refractivity contribution in [3.63, 3.8) is 0 Å². The molecule has 0 amide bonds. The molecular weight excluding hydrogens is 749 g/mol. The number of rotatable bonds is 14. The second-order valence-electron chi connectivity index (χ2n) is 25.5. The van der Waals surface area contributed by atoms with Crippen LogP contribution in [0.4, 0.5) is 0 Å². The summed E-state index contributed by atoms with van der Waals surface area (Å²) in [6.07, 6.45) is 4.47. The van der Waals surface area contributed by atoms with Crippen LogP contribution in [-0.2, 0) is 21.7 Å². The highest BCUT2D eigenvalue weighted by Gasteiger charge is 2.34. The van der Waals surface area contributed by atoms with Gasteiger partial charge in [0.2, 0.25) is 0 Å². The number of nitrogens with one attached hydrogen (secondary N) is 1. The lowest BCUT2D eigenvalue weighted by atomic mass is 9.72. The molecule has 4 rings (SSSR count). The molecule has 59 heavy (non-hydrogen) atoms. The minimum atomic E-state index is -0.971. The van der Waals surface area contributed by atoms with Crippen molar-refractivity contribution in [2.24, 2.45) is 21.7 Å². The molecule has 0 aliphatic heterocycles. The van der Waals surface area contributed by atoms with Crippen molar-refractivity contribution >= 4 is 37.4 Å². The summed E-state index contributed by atoms with van der Waals surface area (Å²) in [4.78, 5) is 4.56. The summed E-state index contributed by atoms with van der Waals surface area (Å²) in [5, 5.41) is 5.58. The van der Waals surface area contributed by atoms with E-state index >= 15 is 0 Å². The summed E-state index contributed by atoms with van der Waals surface area (Å²) in [5.74, 6) is 0. The lowest BCUT2D eigenvalue weighted by molar-refractivity contribution is 0.283. The molecule has 0 unspecified atom stereocenters. The first-order valence-corrected chi connectivity index (χ1v) is 25.1. The molecule has 0 aromatic heterocycles. The van der Waals surface area contributed by atoms with Crippen molar-refractivity contribution in [3.8, 4) is 0 Å². The summed E-state index contributed by atoms with van der Waals surface area (Å²) < 4.78 is 0. The maximum atomic E-state index is 4.56.